The Kier molecular flexibility index (Phi) is 2.30. The second-order valence-corrected chi connectivity index (χ2v) is 3.92. The molecule has 2 aromatic heterocycles. The third kappa shape index (κ3) is 1.62. The van der Waals surface area contributed by atoms with E-state index in [2.05, 4.69) is 9.97 Å². The maximum Gasteiger partial charge on any atom is 0.278 e. The summed E-state index contributed by atoms with van der Waals surface area (Å²) in [7, 11) is 0. The van der Waals surface area contributed by atoms with Crippen LogP contribution in [-0.4, -0.2) is 14.9 Å². The van der Waals surface area contributed by atoms with Gasteiger partial charge in [-0.1, -0.05) is 6.07 Å². The molecule has 0 amide bonds. The van der Waals surface area contributed by atoms with Crippen molar-refractivity contribution < 1.29 is 4.92 Å². The highest BCUT2D eigenvalue weighted by Gasteiger charge is 2.14. The van der Waals surface area contributed by atoms with E-state index in [-0.39, 0.29) is 10.6 Å². The molecule has 0 unspecified atom stereocenters. The Morgan fingerprint density at radius 2 is 2.11 bits per heavy atom. The molecule has 3 aromatic rings. The lowest BCUT2D eigenvalue weighted by atomic mass is 10.2. The first-order chi connectivity index (χ1) is 8.75. The third-order valence-corrected chi connectivity index (χ3v) is 2.81. The van der Waals surface area contributed by atoms with Crippen LogP contribution in [0.3, 0.4) is 0 Å². The van der Waals surface area contributed by atoms with E-state index in [1.165, 1.54) is 6.07 Å². The number of pyridine rings is 1. The van der Waals surface area contributed by atoms with Crippen LogP contribution in [0.4, 0.5) is 5.69 Å². The van der Waals surface area contributed by atoms with Crippen LogP contribution in [0.5, 0.6) is 0 Å². The summed E-state index contributed by atoms with van der Waals surface area (Å²) in [4.78, 5) is 17.8. The largest absolute Gasteiger partial charge is 0.354 e. The van der Waals surface area contributed by atoms with E-state index in [1.807, 2.05) is 18.2 Å². The first-order valence-corrected chi connectivity index (χ1v) is 5.42. The average molecular weight is 239 g/mol. The molecule has 0 bridgehead atoms. The molecule has 0 aliphatic rings. The maximum absolute atomic E-state index is 10.9. The minimum Gasteiger partial charge on any atom is -0.354 e. The minimum atomic E-state index is -0.372. The number of nitro benzene ring substituents is 1. The number of nitro groups is 1. The van der Waals surface area contributed by atoms with Crippen molar-refractivity contribution in [1.29, 1.82) is 0 Å². The zero-order chi connectivity index (χ0) is 12.5. The van der Waals surface area contributed by atoms with Crippen molar-refractivity contribution in [2.24, 2.45) is 0 Å². The molecular formula is C13H9N3O2. The molecule has 88 valence electrons. The monoisotopic (exact) mass is 239 g/mol. The number of benzene rings is 1. The van der Waals surface area contributed by atoms with Gasteiger partial charge in [-0.05, 0) is 24.3 Å². The van der Waals surface area contributed by atoms with E-state index in [1.54, 1.807) is 24.5 Å². The standard InChI is InChI=1S/C13H9N3O2/c17-16(18)13-5-1-4-11-10(13)7-12(15-11)9-3-2-6-14-8-9/h1-8,15H. The van der Waals surface area contributed by atoms with Gasteiger partial charge >= 0.3 is 0 Å². The zero-order valence-corrected chi connectivity index (χ0v) is 9.33. The van der Waals surface area contributed by atoms with Crippen LogP contribution < -0.4 is 0 Å². The Labute approximate surface area is 102 Å². The van der Waals surface area contributed by atoms with E-state index >= 15 is 0 Å². The average Bonchev–Trinajstić information content (AvgIpc) is 2.83. The number of fused-ring (bicyclic) bond motifs is 1. The van der Waals surface area contributed by atoms with Crippen molar-refractivity contribution in [3.63, 3.8) is 0 Å². The number of non-ortho nitro benzene ring substituents is 1. The molecule has 0 radical (unpaired) electrons. The van der Waals surface area contributed by atoms with Gasteiger partial charge < -0.3 is 4.98 Å². The number of aromatic amines is 1. The summed E-state index contributed by atoms with van der Waals surface area (Å²) in [5, 5.41) is 11.6. The molecule has 1 N–H and O–H groups in total. The molecule has 5 nitrogen and oxygen atoms in total. The fourth-order valence-electron chi connectivity index (χ4n) is 1.98. The fourth-order valence-corrected chi connectivity index (χ4v) is 1.98. The summed E-state index contributed by atoms with van der Waals surface area (Å²) in [6, 6.07) is 10.5. The van der Waals surface area contributed by atoms with E-state index in [0.29, 0.717) is 5.39 Å². The summed E-state index contributed by atoms with van der Waals surface area (Å²) in [6.07, 6.45) is 3.41. The van der Waals surface area contributed by atoms with Crippen molar-refractivity contribution in [3.8, 4) is 11.3 Å². The lowest BCUT2D eigenvalue weighted by Gasteiger charge is -1.94. The van der Waals surface area contributed by atoms with Crippen molar-refractivity contribution in [2.45, 2.75) is 0 Å². The van der Waals surface area contributed by atoms with Gasteiger partial charge in [0.1, 0.15) is 0 Å². The van der Waals surface area contributed by atoms with Gasteiger partial charge in [0.25, 0.3) is 5.69 Å². The van der Waals surface area contributed by atoms with Crippen LogP contribution in [0, 0.1) is 10.1 Å². The predicted molar refractivity (Wildman–Crippen MR) is 68.2 cm³/mol. The summed E-state index contributed by atoms with van der Waals surface area (Å²) >= 11 is 0. The van der Waals surface area contributed by atoms with Crippen LogP contribution in [0.15, 0.2) is 48.8 Å². The molecule has 2 heterocycles. The highest BCUT2D eigenvalue weighted by Crippen LogP contribution is 2.29. The molecule has 0 saturated carbocycles. The SMILES string of the molecule is O=[N+]([O-])c1cccc2[nH]c(-c3cccnc3)cc12. The van der Waals surface area contributed by atoms with Gasteiger partial charge in [0.05, 0.1) is 15.8 Å². The summed E-state index contributed by atoms with van der Waals surface area (Å²) < 4.78 is 0. The molecular weight excluding hydrogens is 230 g/mol. The smallest absolute Gasteiger partial charge is 0.278 e. The zero-order valence-electron chi connectivity index (χ0n) is 9.33. The Bertz CT molecular complexity index is 719. The Balaban J connectivity index is 2.23. The molecule has 0 aliphatic carbocycles. The molecule has 0 saturated heterocycles. The molecule has 1 aromatic carbocycles. The number of hydrogen-bond donors (Lipinski definition) is 1. The van der Waals surface area contributed by atoms with E-state index in [0.717, 1.165) is 16.8 Å². The molecule has 0 atom stereocenters. The number of aromatic nitrogens is 2. The number of rotatable bonds is 2. The van der Waals surface area contributed by atoms with E-state index < -0.39 is 0 Å². The van der Waals surface area contributed by atoms with Gasteiger partial charge in [0.2, 0.25) is 0 Å². The summed E-state index contributed by atoms with van der Waals surface area (Å²) in [5.41, 5.74) is 2.59. The van der Waals surface area contributed by atoms with Gasteiger partial charge in [-0.3, -0.25) is 15.1 Å². The second-order valence-electron chi connectivity index (χ2n) is 3.92. The normalized spacial score (nSPS) is 10.7. The minimum absolute atomic E-state index is 0.110. The van der Waals surface area contributed by atoms with Gasteiger partial charge in [-0.15, -0.1) is 0 Å². The van der Waals surface area contributed by atoms with Crippen molar-refractivity contribution in [3.05, 3.63) is 58.9 Å². The molecule has 5 heteroatoms. The van der Waals surface area contributed by atoms with Crippen LogP contribution >= 0.6 is 0 Å². The van der Waals surface area contributed by atoms with Crippen LogP contribution in [0.2, 0.25) is 0 Å². The number of nitrogens with zero attached hydrogens (tertiary/aromatic N) is 2. The molecule has 0 spiro atoms. The van der Waals surface area contributed by atoms with Gasteiger partial charge in [-0.25, -0.2) is 0 Å². The Hall–Kier alpha value is -2.69. The number of H-pyrrole nitrogens is 1. The van der Waals surface area contributed by atoms with Crippen molar-refractivity contribution in [2.75, 3.05) is 0 Å². The van der Waals surface area contributed by atoms with Crippen molar-refractivity contribution in [1.82, 2.24) is 9.97 Å². The molecule has 0 fully saturated rings. The second kappa shape index (κ2) is 3.96. The number of hydrogen-bond acceptors (Lipinski definition) is 3. The quantitative estimate of drug-likeness (QED) is 0.551. The Morgan fingerprint density at radius 3 is 2.83 bits per heavy atom. The summed E-state index contributed by atoms with van der Waals surface area (Å²) in [6.45, 7) is 0. The van der Waals surface area contributed by atoms with Crippen LogP contribution in [-0.2, 0) is 0 Å². The van der Waals surface area contributed by atoms with E-state index in [4.69, 9.17) is 0 Å². The molecule has 18 heavy (non-hydrogen) atoms. The lowest BCUT2D eigenvalue weighted by molar-refractivity contribution is -0.383. The molecule has 3 rings (SSSR count). The summed E-state index contributed by atoms with van der Waals surface area (Å²) in [5.74, 6) is 0. The van der Waals surface area contributed by atoms with Crippen molar-refractivity contribution >= 4 is 16.6 Å². The van der Waals surface area contributed by atoms with Gasteiger partial charge in [0, 0.05) is 29.7 Å². The first-order valence-electron chi connectivity index (χ1n) is 5.42. The molecule has 0 aliphatic heterocycles. The van der Waals surface area contributed by atoms with Crippen LogP contribution in [0.1, 0.15) is 0 Å². The highest BCUT2D eigenvalue weighted by atomic mass is 16.6. The lowest BCUT2D eigenvalue weighted by Crippen LogP contribution is -1.87. The fraction of sp³-hybridized carbons (Fsp3) is 0. The maximum atomic E-state index is 10.9. The predicted octanol–water partition coefficient (Wildman–Crippen LogP) is 3.14. The highest BCUT2D eigenvalue weighted by molar-refractivity contribution is 5.92. The van der Waals surface area contributed by atoms with E-state index in [9.17, 15) is 10.1 Å². The van der Waals surface area contributed by atoms with Gasteiger partial charge in [0.15, 0.2) is 0 Å². The Morgan fingerprint density at radius 1 is 1.22 bits per heavy atom. The first kappa shape index (κ1) is 10.5. The van der Waals surface area contributed by atoms with Crippen LogP contribution in [0.25, 0.3) is 22.2 Å². The third-order valence-electron chi connectivity index (χ3n) is 2.81. The van der Waals surface area contributed by atoms with Gasteiger partial charge in [-0.2, -0.15) is 0 Å². The topological polar surface area (TPSA) is 71.8 Å². The number of nitrogens with one attached hydrogen (secondary N) is 1.